The Morgan fingerprint density at radius 3 is 2.22 bits per heavy atom. The molecule has 1 heterocycles. The number of halogens is 3. The Kier molecular flexibility index (Phi) is 4.75. The van der Waals surface area contributed by atoms with Crippen molar-refractivity contribution in [3.8, 4) is 0 Å². The largest absolute Gasteiger partial charge is 0.451 e. The van der Waals surface area contributed by atoms with Crippen molar-refractivity contribution in [1.82, 2.24) is 9.97 Å². The number of hydrogen-bond donors (Lipinski definition) is 1. The van der Waals surface area contributed by atoms with E-state index in [2.05, 4.69) is 15.3 Å². The second-order valence-corrected chi connectivity index (χ2v) is 3.64. The number of hydrogen-bond acceptors (Lipinski definition) is 4. The van der Waals surface area contributed by atoms with E-state index in [1.807, 2.05) is 13.8 Å². The van der Waals surface area contributed by atoms with E-state index in [0.29, 0.717) is 25.5 Å². The van der Waals surface area contributed by atoms with Crippen molar-refractivity contribution in [2.45, 2.75) is 26.9 Å². The molecule has 0 atom stereocenters. The third-order valence-corrected chi connectivity index (χ3v) is 2.41. The predicted octanol–water partition coefficient (Wildman–Crippen LogP) is 2.77. The van der Waals surface area contributed by atoms with Crippen LogP contribution < -0.4 is 10.2 Å². The summed E-state index contributed by atoms with van der Waals surface area (Å²) < 4.78 is 38.1. The highest BCUT2D eigenvalue weighted by molar-refractivity contribution is 5.49. The minimum atomic E-state index is -4.53. The van der Waals surface area contributed by atoms with Gasteiger partial charge in [0.05, 0.1) is 0 Å². The molecule has 1 aromatic rings. The smallest absolute Gasteiger partial charge is 0.370 e. The topological polar surface area (TPSA) is 41.0 Å². The average molecular weight is 262 g/mol. The van der Waals surface area contributed by atoms with Crippen LogP contribution >= 0.6 is 0 Å². The Morgan fingerprint density at radius 2 is 1.78 bits per heavy atom. The Balaban J connectivity index is 3.21. The van der Waals surface area contributed by atoms with E-state index in [1.54, 1.807) is 11.8 Å². The van der Waals surface area contributed by atoms with Gasteiger partial charge in [-0.1, -0.05) is 0 Å². The molecule has 0 saturated carbocycles. The molecule has 0 bridgehead atoms. The summed E-state index contributed by atoms with van der Waals surface area (Å²) >= 11 is 0. The molecule has 0 amide bonds. The van der Waals surface area contributed by atoms with Gasteiger partial charge in [-0.25, -0.2) is 9.97 Å². The lowest BCUT2D eigenvalue weighted by Gasteiger charge is -2.21. The maximum Gasteiger partial charge on any atom is 0.451 e. The van der Waals surface area contributed by atoms with Crippen molar-refractivity contribution in [2.24, 2.45) is 0 Å². The van der Waals surface area contributed by atoms with Gasteiger partial charge in [-0.3, -0.25) is 0 Å². The highest BCUT2D eigenvalue weighted by Crippen LogP contribution is 2.29. The summed E-state index contributed by atoms with van der Waals surface area (Å²) in [7, 11) is 0. The van der Waals surface area contributed by atoms with Crippen LogP contribution in [-0.2, 0) is 6.18 Å². The molecular formula is C11H17F3N4. The number of nitrogens with one attached hydrogen (secondary N) is 1. The third kappa shape index (κ3) is 3.48. The average Bonchev–Trinajstić information content (AvgIpc) is 2.29. The monoisotopic (exact) mass is 262 g/mol. The normalized spacial score (nSPS) is 11.4. The first-order valence-electron chi connectivity index (χ1n) is 5.87. The van der Waals surface area contributed by atoms with E-state index in [1.165, 1.54) is 6.07 Å². The molecule has 0 radical (unpaired) electrons. The van der Waals surface area contributed by atoms with Gasteiger partial charge in [0.2, 0.25) is 5.82 Å². The SMILES string of the molecule is CCNc1cc(N(CC)CC)nc(C(F)(F)F)n1. The lowest BCUT2D eigenvalue weighted by Crippen LogP contribution is -2.25. The van der Waals surface area contributed by atoms with Crippen molar-refractivity contribution >= 4 is 11.6 Å². The molecule has 102 valence electrons. The first-order valence-corrected chi connectivity index (χ1v) is 5.87. The minimum absolute atomic E-state index is 0.196. The molecular weight excluding hydrogens is 245 g/mol. The zero-order chi connectivity index (χ0) is 13.8. The summed E-state index contributed by atoms with van der Waals surface area (Å²) in [4.78, 5) is 8.80. The van der Waals surface area contributed by atoms with Gasteiger partial charge in [0.15, 0.2) is 0 Å². The molecule has 0 aliphatic carbocycles. The van der Waals surface area contributed by atoms with Gasteiger partial charge in [-0.05, 0) is 20.8 Å². The second kappa shape index (κ2) is 5.88. The zero-order valence-corrected chi connectivity index (χ0v) is 10.7. The quantitative estimate of drug-likeness (QED) is 0.886. The van der Waals surface area contributed by atoms with Crippen LogP contribution in [0.3, 0.4) is 0 Å². The first-order chi connectivity index (χ1) is 8.42. The number of alkyl halides is 3. The Labute approximate surface area is 104 Å². The van der Waals surface area contributed by atoms with Gasteiger partial charge in [-0.2, -0.15) is 13.2 Å². The van der Waals surface area contributed by atoms with Crippen molar-refractivity contribution in [1.29, 1.82) is 0 Å². The van der Waals surface area contributed by atoms with Gasteiger partial charge in [0, 0.05) is 25.7 Å². The lowest BCUT2D eigenvalue weighted by molar-refractivity contribution is -0.144. The molecule has 0 spiro atoms. The fraction of sp³-hybridized carbons (Fsp3) is 0.636. The standard InChI is InChI=1S/C11H17F3N4/c1-4-15-8-7-9(18(5-2)6-3)17-10(16-8)11(12,13)14/h7H,4-6H2,1-3H3,(H,15,16,17). The van der Waals surface area contributed by atoms with E-state index < -0.39 is 12.0 Å². The molecule has 0 fully saturated rings. The molecule has 4 nitrogen and oxygen atoms in total. The lowest BCUT2D eigenvalue weighted by atomic mass is 10.4. The Bertz CT molecular complexity index is 388. The van der Waals surface area contributed by atoms with Gasteiger partial charge >= 0.3 is 6.18 Å². The van der Waals surface area contributed by atoms with Crippen molar-refractivity contribution in [2.75, 3.05) is 29.9 Å². The molecule has 0 aliphatic heterocycles. The number of rotatable bonds is 5. The Morgan fingerprint density at radius 1 is 1.17 bits per heavy atom. The molecule has 1 aromatic heterocycles. The molecule has 0 aliphatic rings. The van der Waals surface area contributed by atoms with Crippen LogP contribution in [0.4, 0.5) is 24.8 Å². The minimum Gasteiger partial charge on any atom is -0.370 e. The number of nitrogens with zero attached hydrogens (tertiary/aromatic N) is 3. The van der Waals surface area contributed by atoms with Crippen molar-refractivity contribution < 1.29 is 13.2 Å². The van der Waals surface area contributed by atoms with E-state index in [0.717, 1.165) is 0 Å². The summed E-state index contributed by atoms with van der Waals surface area (Å²) in [6.45, 7) is 7.22. The Hall–Kier alpha value is -1.53. The van der Waals surface area contributed by atoms with Crippen LogP contribution in [0.15, 0.2) is 6.07 Å². The molecule has 1 N–H and O–H groups in total. The van der Waals surface area contributed by atoms with Crippen molar-refractivity contribution in [3.05, 3.63) is 11.9 Å². The summed E-state index contributed by atoms with van der Waals surface area (Å²) in [6, 6.07) is 1.53. The molecule has 0 aromatic carbocycles. The van der Waals surface area contributed by atoms with Crippen LogP contribution in [0.1, 0.15) is 26.6 Å². The highest BCUT2D eigenvalue weighted by Gasteiger charge is 2.35. The van der Waals surface area contributed by atoms with Gasteiger partial charge in [0.1, 0.15) is 11.6 Å². The first kappa shape index (κ1) is 14.5. The maximum absolute atomic E-state index is 12.7. The van der Waals surface area contributed by atoms with E-state index >= 15 is 0 Å². The summed E-state index contributed by atoms with van der Waals surface area (Å²) in [6.07, 6.45) is -4.53. The van der Waals surface area contributed by atoms with Crippen LogP contribution in [-0.4, -0.2) is 29.6 Å². The van der Waals surface area contributed by atoms with Crippen LogP contribution in [0, 0.1) is 0 Å². The molecule has 0 saturated heterocycles. The summed E-state index contributed by atoms with van der Waals surface area (Å²) in [5.74, 6) is -0.622. The van der Waals surface area contributed by atoms with Gasteiger partial charge < -0.3 is 10.2 Å². The maximum atomic E-state index is 12.7. The van der Waals surface area contributed by atoms with E-state index in [-0.39, 0.29) is 5.82 Å². The molecule has 1 rings (SSSR count). The number of aromatic nitrogens is 2. The van der Waals surface area contributed by atoms with Crippen molar-refractivity contribution in [3.63, 3.8) is 0 Å². The van der Waals surface area contributed by atoms with Gasteiger partial charge in [0.25, 0.3) is 0 Å². The van der Waals surface area contributed by atoms with Gasteiger partial charge in [-0.15, -0.1) is 0 Å². The number of anilines is 2. The summed E-state index contributed by atoms with van der Waals surface area (Å²) in [5.41, 5.74) is 0. The molecule has 7 heteroatoms. The van der Waals surface area contributed by atoms with Crippen LogP contribution in [0.5, 0.6) is 0 Å². The molecule has 18 heavy (non-hydrogen) atoms. The van der Waals surface area contributed by atoms with E-state index in [9.17, 15) is 13.2 Å². The fourth-order valence-corrected chi connectivity index (χ4v) is 1.54. The third-order valence-electron chi connectivity index (χ3n) is 2.41. The van der Waals surface area contributed by atoms with Crippen LogP contribution in [0.2, 0.25) is 0 Å². The predicted molar refractivity (Wildman–Crippen MR) is 64.8 cm³/mol. The van der Waals surface area contributed by atoms with Crippen LogP contribution in [0.25, 0.3) is 0 Å². The summed E-state index contributed by atoms with van der Waals surface area (Å²) in [5, 5.41) is 2.79. The molecule has 0 unspecified atom stereocenters. The fourth-order valence-electron chi connectivity index (χ4n) is 1.54. The second-order valence-electron chi connectivity index (χ2n) is 3.64. The zero-order valence-electron chi connectivity index (χ0n) is 10.7. The highest BCUT2D eigenvalue weighted by atomic mass is 19.4. The van der Waals surface area contributed by atoms with E-state index in [4.69, 9.17) is 0 Å².